The first-order chi connectivity index (χ1) is 6.94. The number of anilines is 1. The molecule has 0 aromatic carbocycles. The van der Waals surface area contributed by atoms with Gasteiger partial charge in [0.15, 0.2) is 11.0 Å². The SMILES string of the molecule is CCC(C)(C)CNc1nc(Cl)nnc1Cl. The van der Waals surface area contributed by atoms with Crippen LogP contribution >= 0.6 is 23.2 Å². The first-order valence-corrected chi connectivity index (χ1v) is 5.50. The molecule has 0 aliphatic heterocycles. The lowest BCUT2D eigenvalue weighted by Gasteiger charge is -2.23. The Hall–Kier alpha value is -0.610. The summed E-state index contributed by atoms with van der Waals surface area (Å²) in [7, 11) is 0. The highest BCUT2D eigenvalue weighted by molar-refractivity contribution is 6.32. The van der Waals surface area contributed by atoms with Gasteiger partial charge in [-0.05, 0) is 23.4 Å². The first kappa shape index (κ1) is 12.5. The van der Waals surface area contributed by atoms with E-state index in [4.69, 9.17) is 23.2 Å². The van der Waals surface area contributed by atoms with Crippen LogP contribution in [0.15, 0.2) is 0 Å². The van der Waals surface area contributed by atoms with Crippen LogP contribution in [0.25, 0.3) is 0 Å². The van der Waals surface area contributed by atoms with Gasteiger partial charge in [0.1, 0.15) is 0 Å². The molecule has 0 aliphatic rings. The van der Waals surface area contributed by atoms with Crippen LogP contribution in [0.1, 0.15) is 27.2 Å². The van der Waals surface area contributed by atoms with Crippen LogP contribution in [0, 0.1) is 5.41 Å². The zero-order chi connectivity index (χ0) is 11.5. The highest BCUT2D eigenvalue weighted by Crippen LogP contribution is 2.22. The maximum absolute atomic E-state index is 5.81. The maximum atomic E-state index is 5.81. The molecule has 1 rings (SSSR count). The van der Waals surface area contributed by atoms with Crippen molar-refractivity contribution >= 4 is 29.0 Å². The zero-order valence-corrected chi connectivity index (χ0v) is 10.5. The lowest BCUT2D eigenvalue weighted by atomic mass is 9.90. The molecule has 1 N–H and O–H groups in total. The summed E-state index contributed by atoms with van der Waals surface area (Å²) >= 11 is 11.4. The van der Waals surface area contributed by atoms with Gasteiger partial charge in [0, 0.05) is 6.54 Å². The molecule has 0 radical (unpaired) electrons. The van der Waals surface area contributed by atoms with Crippen LogP contribution in [0.5, 0.6) is 0 Å². The number of nitrogens with zero attached hydrogens (tertiary/aromatic N) is 3. The third-order valence-electron chi connectivity index (χ3n) is 2.31. The molecule has 84 valence electrons. The van der Waals surface area contributed by atoms with E-state index in [-0.39, 0.29) is 15.9 Å². The van der Waals surface area contributed by atoms with Crippen molar-refractivity contribution in [1.82, 2.24) is 15.2 Å². The topological polar surface area (TPSA) is 50.7 Å². The summed E-state index contributed by atoms with van der Waals surface area (Å²) in [6.07, 6.45) is 1.06. The van der Waals surface area contributed by atoms with Crippen molar-refractivity contribution in [2.75, 3.05) is 11.9 Å². The van der Waals surface area contributed by atoms with Crippen molar-refractivity contribution < 1.29 is 0 Å². The number of hydrogen-bond acceptors (Lipinski definition) is 4. The van der Waals surface area contributed by atoms with Gasteiger partial charge in [-0.3, -0.25) is 0 Å². The predicted molar refractivity (Wildman–Crippen MR) is 62.4 cm³/mol. The molecule has 1 aromatic rings. The number of nitrogens with one attached hydrogen (secondary N) is 1. The normalized spacial score (nSPS) is 11.5. The van der Waals surface area contributed by atoms with Crippen molar-refractivity contribution in [2.45, 2.75) is 27.2 Å². The molecule has 0 saturated heterocycles. The van der Waals surface area contributed by atoms with Gasteiger partial charge in [0.05, 0.1) is 0 Å². The molecule has 0 saturated carbocycles. The zero-order valence-electron chi connectivity index (χ0n) is 9.01. The monoisotopic (exact) mass is 248 g/mol. The number of rotatable bonds is 4. The molecular formula is C9H14Cl2N4. The molecule has 0 amide bonds. The molecule has 15 heavy (non-hydrogen) atoms. The fourth-order valence-electron chi connectivity index (χ4n) is 0.854. The minimum Gasteiger partial charge on any atom is -0.367 e. The van der Waals surface area contributed by atoms with Crippen LogP contribution in [0.2, 0.25) is 10.4 Å². The summed E-state index contributed by atoms with van der Waals surface area (Å²) in [6, 6.07) is 0. The Morgan fingerprint density at radius 1 is 1.27 bits per heavy atom. The Balaban J connectivity index is 2.69. The minimum absolute atomic E-state index is 0.0937. The quantitative estimate of drug-likeness (QED) is 0.891. The molecular weight excluding hydrogens is 235 g/mol. The largest absolute Gasteiger partial charge is 0.367 e. The van der Waals surface area contributed by atoms with Crippen LogP contribution in [-0.4, -0.2) is 21.7 Å². The van der Waals surface area contributed by atoms with Gasteiger partial charge < -0.3 is 5.32 Å². The van der Waals surface area contributed by atoms with Crippen molar-refractivity contribution in [2.24, 2.45) is 5.41 Å². The standard InChI is InChI=1S/C9H14Cl2N4/c1-4-9(2,3)5-12-7-6(10)14-15-8(11)13-7/h4-5H2,1-3H3,(H,12,13,15). The minimum atomic E-state index is 0.0937. The van der Waals surface area contributed by atoms with E-state index in [0.29, 0.717) is 5.82 Å². The fraction of sp³-hybridized carbons (Fsp3) is 0.667. The first-order valence-electron chi connectivity index (χ1n) is 4.74. The summed E-state index contributed by atoms with van der Waals surface area (Å²) in [5.41, 5.74) is 0.181. The van der Waals surface area contributed by atoms with Crippen LogP contribution in [-0.2, 0) is 0 Å². The predicted octanol–water partition coefficient (Wildman–Crippen LogP) is 3.03. The summed E-state index contributed by atoms with van der Waals surface area (Å²) < 4.78 is 0. The third kappa shape index (κ3) is 3.80. The van der Waals surface area contributed by atoms with Gasteiger partial charge in [0.25, 0.3) is 0 Å². The van der Waals surface area contributed by atoms with E-state index in [2.05, 4.69) is 41.3 Å². The van der Waals surface area contributed by atoms with Gasteiger partial charge in [0.2, 0.25) is 5.28 Å². The third-order valence-corrected chi connectivity index (χ3v) is 2.73. The Morgan fingerprint density at radius 3 is 2.53 bits per heavy atom. The summed E-state index contributed by atoms with van der Waals surface area (Å²) in [5, 5.41) is 10.7. The second-order valence-electron chi connectivity index (χ2n) is 4.09. The van der Waals surface area contributed by atoms with E-state index in [0.717, 1.165) is 13.0 Å². The number of aromatic nitrogens is 3. The summed E-state index contributed by atoms with van der Waals surface area (Å²) in [4.78, 5) is 3.96. The highest BCUT2D eigenvalue weighted by atomic mass is 35.5. The molecule has 0 bridgehead atoms. The summed E-state index contributed by atoms with van der Waals surface area (Å²) in [6.45, 7) is 7.21. The molecule has 0 atom stereocenters. The van der Waals surface area contributed by atoms with E-state index in [1.807, 2.05) is 0 Å². The molecule has 0 fully saturated rings. The Labute approximate surface area is 99.4 Å². The Kier molecular flexibility index (Phi) is 4.11. The van der Waals surface area contributed by atoms with Crippen molar-refractivity contribution in [3.05, 3.63) is 10.4 Å². The second kappa shape index (κ2) is 4.94. The van der Waals surface area contributed by atoms with Crippen LogP contribution < -0.4 is 5.32 Å². The van der Waals surface area contributed by atoms with E-state index < -0.39 is 0 Å². The van der Waals surface area contributed by atoms with E-state index in [1.165, 1.54) is 0 Å². The molecule has 0 unspecified atom stereocenters. The van der Waals surface area contributed by atoms with Crippen LogP contribution in [0.4, 0.5) is 5.82 Å². The lowest BCUT2D eigenvalue weighted by molar-refractivity contribution is 0.376. The van der Waals surface area contributed by atoms with Crippen molar-refractivity contribution in [3.63, 3.8) is 0 Å². The van der Waals surface area contributed by atoms with Crippen molar-refractivity contribution in [1.29, 1.82) is 0 Å². The average Bonchev–Trinajstić information content (AvgIpc) is 2.20. The van der Waals surface area contributed by atoms with Crippen molar-refractivity contribution in [3.8, 4) is 0 Å². The smallest absolute Gasteiger partial charge is 0.245 e. The summed E-state index contributed by atoms with van der Waals surface area (Å²) in [5.74, 6) is 0.484. The van der Waals surface area contributed by atoms with Gasteiger partial charge in [-0.2, -0.15) is 4.98 Å². The van der Waals surface area contributed by atoms with E-state index >= 15 is 0 Å². The average molecular weight is 249 g/mol. The van der Waals surface area contributed by atoms with Gasteiger partial charge in [-0.15, -0.1) is 10.2 Å². The number of halogens is 2. The molecule has 4 nitrogen and oxygen atoms in total. The molecule has 6 heteroatoms. The number of hydrogen-bond donors (Lipinski definition) is 1. The Morgan fingerprint density at radius 2 is 1.93 bits per heavy atom. The fourth-order valence-corrected chi connectivity index (χ4v) is 1.12. The van der Waals surface area contributed by atoms with Gasteiger partial charge in [-0.25, -0.2) is 0 Å². The molecule has 0 aliphatic carbocycles. The molecule has 1 aromatic heterocycles. The maximum Gasteiger partial charge on any atom is 0.245 e. The highest BCUT2D eigenvalue weighted by Gasteiger charge is 2.16. The lowest BCUT2D eigenvalue weighted by Crippen LogP contribution is -2.22. The van der Waals surface area contributed by atoms with Gasteiger partial charge >= 0.3 is 0 Å². The van der Waals surface area contributed by atoms with E-state index in [9.17, 15) is 0 Å². The van der Waals surface area contributed by atoms with Crippen LogP contribution in [0.3, 0.4) is 0 Å². The molecule has 0 spiro atoms. The van der Waals surface area contributed by atoms with E-state index in [1.54, 1.807) is 0 Å². The Bertz CT molecular complexity index is 341. The second-order valence-corrected chi connectivity index (χ2v) is 4.79. The molecule has 1 heterocycles. The van der Waals surface area contributed by atoms with Gasteiger partial charge in [-0.1, -0.05) is 32.4 Å².